The molecule has 0 spiro atoms. The molecule has 1 saturated heterocycles. The van der Waals surface area contributed by atoms with Crippen LogP contribution in [0.1, 0.15) is 25.3 Å². The Balaban J connectivity index is 1.68. The lowest BCUT2D eigenvalue weighted by Crippen LogP contribution is -2.51. The molecule has 0 bridgehead atoms. The van der Waals surface area contributed by atoms with Gasteiger partial charge in [0.2, 0.25) is 11.8 Å². The summed E-state index contributed by atoms with van der Waals surface area (Å²) in [6.07, 6.45) is 2.62. The number of piperidine rings is 1. The van der Waals surface area contributed by atoms with Crippen LogP contribution in [0, 0.1) is 5.92 Å². The van der Waals surface area contributed by atoms with Crippen LogP contribution in [0.2, 0.25) is 0 Å². The van der Waals surface area contributed by atoms with E-state index in [0.29, 0.717) is 13.1 Å². The third-order valence-electron chi connectivity index (χ3n) is 4.91. The summed E-state index contributed by atoms with van der Waals surface area (Å²) in [5.74, 6) is -0.405. The van der Waals surface area contributed by atoms with Gasteiger partial charge in [-0.1, -0.05) is 18.2 Å². The second-order valence-corrected chi connectivity index (χ2v) is 6.37. The Hall–Kier alpha value is -2.04. The van der Waals surface area contributed by atoms with Gasteiger partial charge in [0.15, 0.2) is 0 Å². The van der Waals surface area contributed by atoms with E-state index in [4.69, 9.17) is 5.73 Å². The molecule has 2 heterocycles. The number of amides is 2. The van der Waals surface area contributed by atoms with Crippen LogP contribution in [0.15, 0.2) is 24.3 Å². The summed E-state index contributed by atoms with van der Waals surface area (Å²) in [5, 5.41) is 0. The van der Waals surface area contributed by atoms with E-state index in [-0.39, 0.29) is 23.8 Å². The molecule has 0 aromatic heterocycles. The van der Waals surface area contributed by atoms with E-state index in [1.54, 1.807) is 0 Å². The number of rotatable bonds is 3. The van der Waals surface area contributed by atoms with Crippen LogP contribution in [0.3, 0.4) is 0 Å². The SMILES string of the molecule is C[C@H]1CC[C@@H](C(N)=O)CN1C(=O)CN1CCc2ccccc21. The van der Waals surface area contributed by atoms with Crippen molar-refractivity contribution in [2.24, 2.45) is 11.7 Å². The molecule has 0 unspecified atom stereocenters. The zero-order valence-corrected chi connectivity index (χ0v) is 13.0. The van der Waals surface area contributed by atoms with Gasteiger partial charge in [-0.15, -0.1) is 0 Å². The molecule has 1 aromatic carbocycles. The Morgan fingerprint density at radius 1 is 1.27 bits per heavy atom. The maximum Gasteiger partial charge on any atom is 0.242 e. The topological polar surface area (TPSA) is 66.6 Å². The van der Waals surface area contributed by atoms with Crippen LogP contribution in [-0.2, 0) is 16.0 Å². The number of carbonyl (C=O) groups excluding carboxylic acids is 2. The van der Waals surface area contributed by atoms with Crippen LogP contribution in [0.25, 0.3) is 0 Å². The largest absolute Gasteiger partial charge is 0.369 e. The summed E-state index contributed by atoms with van der Waals surface area (Å²) >= 11 is 0. The fourth-order valence-electron chi connectivity index (χ4n) is 3.51. The summed E-state index contributed by atoms with van der Waals surface area (Å²) in [4.78, 5) is 28.1. The molecule has 3 rings (SSSR count). The zero-order valence-electron chi connectivity index (χ0n) is 13.0. The molecule has 1 fully saturated rings. The molecule has 1 aromatic rings. The van der Waals surface area contributed by atoms with E-state index in [1.807, 2.05) is 24.0 Å². The Morgan fingerprint density at radius 3 is 2.82 bits per heavy atom. The van der Waals surface area contributed by atoms with E-state index in [9.17, 15) is 9.59 Å². The van der Waals surface area contributed by atoms with Crippen molar-refractivity contribution in [1.82, 2.24) is 4.90 Å². The van der Waals surface area contributed by atoms with E-state index in [2.05, 4.69) is 17.0 Å². The molecule has 22 heavy (non-hydrogen) atoms. The van der Waals surface area contributed by atoms with Gasteiger partial charge in [-0.25, -0.2) is 0 Å². The number of hydrogen-bond acceptors (Lipinski definition) is 3. The van der Waals surface area contributed by atoms with Crippen LogP contribution in [-0.4, -0.2) is 42.4 Å². The standard InChI is InChI=1S/C17H23N3O2/c1-12-6-7-14(17(18)22)10-20(12)16(21)11-19-9-8-13-4-2-3-5-15(13)19/h2-5,12,14H,6-11H2,1H3,(H2,18,22)/t12-,14+/m0/s1. The second kappa shape index (κ2) is 5.99. The maximum atomic E-state index is 12.7. The predicted octanol–water partition coefficient (Wildman–Crippen LogP) is 1.16. The molecule has 0 radical (unpaired) electrons. The van der Waals surface area contributed by atoms with Crippen LogP contribution in [0.5, 0.6) is 0 Å². The number of primary amides is 1. The van der Waals surface area contributed by atoms with Gasteiger partial charge in [-0.05, 0) is 37.8 Å². The molecule has 118 valence electrons. The van der Waals surface area contributed by atoms with Crippen LogP contribution < -0.4 is 10.6 Å². The normalized spacial score (nSPS) is 24.2. The van der Waals surface area contributed by atoms with Gasteiger partial charge in [0.25, 0.3) is 0 Å². The van der Waals surface area contributed by atoms with Crippen molar-refractivity contribution in [3.8, 4) is 0 Å². The fourth-order valence-corrected chi connectivity index (χ4v) is 3.51. The summed E-state index contributed by atoms with van der Waals surface area (Å²) in [6.45, 7) is 3.78. The third kappa shape index (κ3) is 2.80. The second-order valence-electron chi connectivity index (χ2n) is 6.37. The maximum absolute atomic E-state index is 12.7. The van der Waals surface area contributed by atoms with Crippen molar-refractivity contribution in [1.29, 1.82) is 0 Å². The highest BCUT2D eigenvalue weighted by atomic mass is 16.2. The molecule has 0 aliphatic carbocycles. The summed E-state index contributed by atoms with van der Waals surface area (Å²) in [7, 11) is 0. The lowest BCUT2D eigenvalue weighted by Gasteiger charge is -2.38. The third-order valence-corrected chi connectivity index (χ3v) is 4.91. The Bertz CT molecular complexity index is 587. The molecule has 2 N–H and O–H groups in total. The number of carbonyl (C=O) groups is 2. The van der Waals surface area contributed by atoms with E-state index < -0.39 is 0 Å². The molecular weight excluding hydrogens is 278 g/mol. The van der Waals surface area contributed by atoms with Gasteiger partial charge in [0, 0.05) is 24.8 Å². The highest BCUT2D eigenvalue weighted by Crippen LogP contribution is 2.28. The highest BCUT2D eigenvalue weighted by molar-refractivity contribution is 5.84. The Morgan fingerprint density at radius 2 is 2.05 bits per heavy atom. The van der Waals surface area contributed by atoms with Gasteiger partial charge in [0.05, 0.1) is 12.5 Å². The Labute approximate surface area is 131 Å². The van der Waals surface area contributed by atoms with E-state index >= 15 is 0 Å². The number of benzene rings is 1. The molecule has 2 amide bonds. The van der Waals surface area contributed by atoms with E-state index in [0.717, 1.165) is 31.5 Å². The van der Waals surface area contributed by atoms with Gasteiger partial charge in [-0.3, -0.25) is 9.59 Å². The minimum Gasteiger partial charge on any atom is -0.369 e. The number of para-hydroxylation sites is 1. The molecule has 5 nitrogen and oxygen atoms in total. The summed E-state index contributed by atoms with van der Waals surface area (Å²) in [5.41, 5.74) is 7.88. The molecule has 2 atom stereocenters. The monoisotopic (exact) mass is 301 g/mol. The van der Waals surface area contributed by atoms with Crippen molar-refractivity contribution in [2.75, 3.05) is 24.5 Å². The number of hydrogen-bond donors (Lipinski definition) is 1. The lowest BCUT2D eigenvalue weighted by atomic mass is 9.93. The lowest BCUT2D eigenvalue weighted by molar-refractivity contribution is -0.136. The fraction of sp³-hybridized carbons (Fsp3) is 0.529. The van der Waals surface area contributed by atoms with Crippen molar-refractivity contribution in [3.05, 3.63) is 29.8 Å². The average Bonchev–Trinajstić information content (AvgIpc) is 2.90. The summed E-state index contributed by atoms with van der Waals surface area (Å²) in [6, 6.07) is 8.41. The van der Waals surface area contributed by atoms with Crippen molar-refractivity contribution >= 4 is 17.5 Å². The number of likely N-dealkylation sites (tertiary alicyclic amines) is 1. The van der Waals surface area contributed by atoms with Crippen molar-refractivity contribution < 1.29 is 9.59 Å². The zero-order chi connectivity index (χ0) is 15.7. The Kier molecular flexibility index (Phi) is 4.05. The first kappa shape index (κ1) is 14.9. The first-order valence-electron chi connectivity index (χ1n) is 7.98. The first-order valence-corrected chi connectivity index (χ1v) is 7.98. The number of anilines is 1. The smallest absolute Gasteiger partial charge is 0.242 e. The van der Waals surface area contributed by atoms with Gasteiger partial charge in [0.1, 0.15) is 0 Å². The molecular formula is C17H23N3O2. The van der Waals surface area contributed by atoms with Gasteiger partial charge >= 0.3 is 0 Å². The molecule has 2 aliphatic rings. The minimum absolute atomic E-state index is 0.0927. The van der Waals surface area contributed by atoms with Gasteiger partial charge in [-0.2, -0.15) is 0 Å². The molecule has 5 heteroatoms. The predicted molar refractivity (Wildman–Crippen MR) is 85.5 cm³/mol. The number of nitrogens with zero attached hydrogens (tertiary/aromatic N) is 2. The molecule has 0 saturated carbocycles. The van der Waals surface area contributed by atoms with E-state index in [1.165, 1.54) is 5.56 Å². The number of nitrogens with two attached hydrogens (primary N) is 1. The molecule has 2 aliphatic heterocycles. The average molecular weight is 301 g/mol. The summed E-state index contributed by atoms with van der Waals surface area (Å²) < 4.78 is 0. The van der Waals surface area contributed by atoms with Gasteiger partial charge < -0.3 is 15.5 Å². The quantitative estimate of drug-likeness (QED) is 0.911. The number of fused-ring (bicyclic) bond motifs is 1. The van der Waals surface area contributed by atoms with Crippen molar-refractivity contribution in [2.45, 2.75) is 32.2 Å². The highest BCUT2D eigenvalue weighted by Gasteiger charge is 2.32. The minimum atomic E-state index is -0.295. The van der Waals surface area contributed by atoms with Crippen molar-refractivity contribution in [3.63, 3.8) is 0 Å². The van der Waals surface area contributed by atoms with Crippen LogP contribution >= 0.6 is 0 Å². The van der Waals surface area contributed by atoms with Crippen LogP contribution in [0.4, 0.5) is 5.69 Å². The first-order chi connectivity index (χ1) is 10.6.